The number of nitrogens with one attached hydrogen (secondary N) is 2. The molecule has 1 unspecified atom stereocenters. The molecule has 1 atom stereocenters. The van der Waals surface area contributed by atoms with Gasteiger partial charge in [-0.05, 0) is 31.5 Å². The number of guanidine groups is 1. The smallest absolute Gasteiger partial charge is 0.191 e. The summed E-state index contributed by atoms with van der Waals surface area (Å²) in [4.78, 5) is 4.12. The zero-order chi connectivity index (χ0) is 16.8. The second-order valence-electron chi connectivity index (χ2n) is 5.00. The Morgan fingerprint density at radius 2 is 2.08 bits per heavy atom. The van der Waals surface area contributed by atoms with Crippen LogP contribution in [0.2, 0.25) is 0 Å². The first-order valence-corrected chi connectivity index (χ1v) is 7.34. The van der Waals surface area contributed by atoms with Crippen molar-refractivity contribution in [3.05, 3.63) is 47.5 Å². The van der Waals surface area contributed by atoms with Crippen molar-refractivity contribution in [2.75, 3.05) is 7.05 Å². The molecule has 2 rings (SSSR count). The van der Waals surface area contributed by atoms with E-state index >= 15 is 0 Å². The summed E-state index contributed by atoms with van der Waals surface area (Å²) in [5, 5.41) is 14.1. The van der Waals surface area contributed by atoms with Crippen molar-refractivity contribution in [3.63, 3.8) is 0 Å². The lowest BCUT2D eigenvalue weighted by molar-refractivity contribution is 0.504. The molecule has 24 heavy (non-hydrogen) atoms. The van der Waals surface area contributed by atoms with Crippen LogP contribution in [-0.2, 0) is 13.1 Å². The van der Waals surface area contributed by atoms with Gasteiger partial charge in [0.05, 0.1) is 12.6 Å². The molecule has 0 radical (unpaired) electrons. The molecule has 132 valence electrons. The van der Waals surface area contributed by atoms with Crippen LogP contribution in [0, 0.1) is 11.6 Å². The quantitative estimate of drug-likeness (QED) is 0.418. The number of nitrogens with zero attached hydrogens (tertiary/aromatic N) is 4. The van der Waals surface area contributed by atoms with Gasteiger partial charge in [-0.3, -0.25) is 4.99 Å². The number of aryl methyl sites for hydroxylation is 1. The van der Waals surface area contributed by atoms with Gasteiger partial charge in [0.25, 0.3) is 0 Å². The molecule has 0 spiro atoms. The van der Waals surface area contributed by atoms with Gasteiger partial charge < -0.3 is 15.2 Å². The van der Waals surface area contributed by atoms with Crippen molar-refractivity contribution in [1.29, 1.82) is 0 Å². The highest BCUT2D eigenvalue weighted by atomic mass is 127. The number of rotatable bonds is 5. The molecule has 0 saturated carbocycles. The van der Waals surface area contributed by atoms with Crippen molar-refractivity contribution < 1.29 is 8.78 Å². The molecule has 0 aliphatic carbocycles. The first-order chi connectivity index (χ1) is 11.0. The molecule has 6 nitrogen and oxygen atoms in total. The largest absolute Gasteiger partial charge is 0.350 e. The van der Waals surface area contributed by atoms with Crippen molar-refractivity contribution in [1.82, 2.24) is 25.4 Å². The normalized spacial score (nSPS) is 12.5. The van der Waals surface area contributed by atoms with Crippen molar-refractivity contribution in [2.24, 2.45) is 4.99 Å². The van der Waals surface area contributed by atoms with E-state index in [1.54, 1.807) is 13.4 Å². The van der Waals surface area contributed by atoms with Crippen LogP contribution >= 0.6 is 24.0 Å². The summed E-state index contributed by atoms with van der Waals surface area (Å²) in [5.74, 6) is -0.402. The average Bonchev–Trinajstić information content (AvgIpc) is 3.01. The summed E-state index contributed by atoms with van der Waals surface area (Å²) >= 11 is 0. The number of aliphatic imine (C=N–C) groups is 1. The summed E-state index contributed by atoms with van der Waals surface area (Å²) in [6.07, 6.45) is 1.66. The Hall–Kier alpha value is -1.78. The van der Waals surface area contributed by atoms with E-state index in [0.717, 1.165) is 18.4 Å². The van der Waals surface area contributed by atoms with Gasteiger partial charge in [0.1, 0.15) is 6.33 Å². The van der Waals surface area contributed by atoms with Crippen LogP contribution in [0.3, 0.4) is 0 Å². The zero-order valence-corrected chi connectivity index (χ0v) is 16.1. The zero-order valence-electron chi connectivity index (χ0n) is 13.8. The van der Waals surface area contributed by atoms with Crippen LogP contribution < -0.4 is 10.6 Å². The number of aromatic nitrogens is 3. The summed E-state index contributed by atoms with van der Waals surface area (Å²) in [7, 11) is 1.64. The Bertz CT molecular complexity index is 688. The van der Waals surface area contributed by atoms with Crippen LogP contribution in [0.5, 0.6) is 0 Å². The highest BCUT2D eigenvalue weighted by Gasteiger charge is 2.11. The molecule has 1 aromatic carbocycles. The maximum absolute atomic E-state index is 13.3. The van der Waals surface area contributed by atoms with E-state index in [1.807, 2.05) is 18.4 Å². The van der Waals surface area contributed by atoms with Gasteiger partial charge in [0.2, 0.25) is 0 Å². The van der Waals surface area contributed by atoms with Crippen LogP contribution in [0.15, 0.2) is 29.5 Å². The molecular formula is C15H21F2IN6. The molecule has 0 saturated heterocycles. The Kier molecular flexibility index (Phi) is 8.02. The minimum Gasteiger partial charge on any atom is -0.350 e. The van der Waals surface area contributed by atoms with Crippen molar-refractivity contribution in [2.45, 2.75) is 33.0 Å². The summed E-state index contributed by atoms with van der Waals surface area (Å²) in [5.41, 5.74) is 0.628. The fourth-order valence-corrected chi connectivity index (χ4v) is 2.11. The number of hydrogen-bond acceptors (Lipinski definition) is 3. The predicted molar refractivity (Wildman–Crippen MR) is 99.2 cm³/mol. The lowest BCUT2D eigenvalue weighted by Gasteiger charge is -2.18. The Morgan fingerprint density at radius 1 is 1.33 bits per heavy atom. The monoisotopic (exact) mass is 450 g/mol. The van der Waals surface area contributed by atoms with Gasteiger partial charge in [-0.1, -0.05) is 6.07 Å². The first-order valence-electron chi connectivity index (χ1n) is 7.34. The van der Waals surface area contributed by atoms with Crippen molar-refractivity contribution in [3.8, 4) is 0 Å². The predicted octanol–water partition coefficient (Wildman–Crippen LogP) is 2.62. The SMILES string of the molecule is CCn1cnnc1CNC(=NC)NC(C)c1ccc(F)c(F)c1.I. The number of benzene rings is 1. The third-order valence-corrected chi connectivity index (χ3v) is 3.47. The van der Waals surface area contributed by atoms with E-state index < -0.39 is 11.6 Å². The molecule has 2 N–H and O–H groups in total. The van der Waals surface area contributed by atoms with Gasteiger partial charge in [0, 0.05) is 13.6 Å². The fraction of sp³-hybridized carbons (Fsp3) is 0.400. The van der Waals surface area contributed by atoms with Gasteiger partial charge in [-0.2, -0.15) is 0 Å². The number of halogens is 3. The van der Waals surface area contributed by atoms with Crippen molar-refractivity contribution >= 4 is 29.9 Å². The minimum atomic E-state index is -0.866. The second-order valence-corrected chi connectivity index (χ2v) is 5.00. The molecule has 1 heterocycles. The lowest BCUT2D eigenvalue weighted by Crippen LogP contribution is -2.38. The third-order valence-electron chi connectivity index (χ3n) is 3.47. The van der Waals surface area contributed by atoms with Crippen LogP contribution in [0.1, 0.15) is 31.3 Å². The maximum atomic E-state index is 13.3. The summed E-state index contributed by atoms with van der Waals surface area (Å²) < 4.78 is 28.2. The molecule has 0 fully saturated rings. The fourth-order valence-electron chi connectivity index (χ4n) is 2.11. The standard InChI is InChI=1S/C15H20F2N6.HI/c1-4-23-9-20-22-14(23)8-19-15(18-3)21-10(2)11-5-6-12(16)13(17)7-11;/h5-7,9-10H,4,8H2,1-3H3,(H2,18,19,21);1H. The third kappa shape index (κ3) is 5.11. The highest BCUT2D eigenvalue weighted by Crippen LogP contribution is 2.15. The molecule has 0 amide bonds. The van der Waals surface area contributed by atoms with E-state index in [2.05, 4.69) is 25.8 Å². The Balaban J connectivity index is 0.00000288. The molecule has 0 bridgehead atoms. The summed E-state index contributed by atoms with van der Waals surface area (Å²) in [6.45, 7) is 5.08. The number of hydrogen-bond donors (Lipinski definition) is 2. The van der Waals surface area contributed by atoms with E-state index in [-0.39, 0.29) is 30.0 Å². The van der Waals surface area contributed by atoms with E-state index in [9.17, 15) is 8.78 Å². The topological polar surface area (TPSA) is 67.1 Å². The Morgan fingerprint density at radius 3 is 2.71 bits per heavy atom. The van der Waals surface area contributed by atoms with E-state index in [0.29, 0.717) is 18.1 Å². The highest BCUT2D eigenvalue weighted by molar-refractivity contribution is 14.0. The van der Waals surface area contributed by atoms with Gasteiger partial charge in [0.15, 0.2) is 23.4 Å². The van der Waals surface area contributed by atoms with Gasteiger partial charge in [-0.25, -0.2) is 8.78 Å². The van der Waals surface area contributed by atoms with Crippen LogP contribution in [0.4, 0.5) is 8.78 Å². The minimum absolute atomic E-state index is 0. The first kappa shape index (κ1) is 20.3. The average molecular weight is 450 g/mol. The maximum Gasteiger partial charge on any atom is 0.191 e. The van der Waals surface area contributed by atoms with E-state index in [1.165, 1.54) is 12.1 Å². The Labute approximate surface area is 156 Å². The lowest BCUT2D eigenvalue weighted by atomic mass is 10.1. The molecule has 0 aliphatic rings. The molecule has 1 aromatic heterocycles. The molecular weight excluding hydrogens is 429 g/mol. The van der Waals surface area contributed by atoms with Gasteiger partial charge >= 0.3 is 0 Å². The van der Waals surface area contributed by atoms with E-state index in [4.69, 9.17) is 0 Å². The van der Waals surface area contributed by atoms with Gasteiger partial charge in [-0.15, -0.1) is 34.2 Å². The molecule has 0 aliphatic heterocycles. The second kappa shape index (κ2) is 9.50. The summed E-state index contributed by atoms with van der Waals surface area (Å²) in [6, 6.07) is 3.59. The molecule has 2 aromatic rings. The molecule has 9 heteroatoms. The van der Waals surface area contributed by atoms with Crippen LogP contribution in [0.25, 0.3) is 0 Å². The van der Waals surface area contributed by atoms with Crippen LogP contribution in [-0.4, -0.2) is 27.8 Å².